The number of thiol groups is 3. The zero-order valence-electron chi connectivity index (χ0n) is 8.94. The van der Waals surface area contributed by atoms with Crippen molar-refractivity contribution in [2.75, 3.05) is 0 Å². The van der Waals surface area contributed by atoms with E-state index in [9.17, 15) is 14.4 Å². The summed E-state index contributed by atoms with van der Waals surface area (Å²) in [4.78, 5) is 33.0. The minimum Gasteiger partial charge on any atom is -0.548 e. The van der Waals surface area contributed by atoms with E-state index < -0.39 is 49.4 Å². The van der Waals surface area contributed by atoms with Gasteiger partial charge in [0.15, 0.2) is 16.3 Å². The molecule has 0 fully saturated rings. The highest BCUT2D eigenvalue weighted by molar-refractivity contribution is 7.81. The van der Waals surface area contributed by atoms with Crippen molar-refractivity contribution in [3.05, 3.63) is 0 Å². The number of aliphatic hydroxyl groups excluding tert-OH is 3. The quantitative estimate of drug-likeness (QED) is 0.172. The van der Waals surface area contributed by atoms with E-state index in [0.717, 1.165) is 0 Å². The second-order valence-corrected chi connectivity index (χ2v) is 5.47. The number of hydrogen-bond donors (Lipinski definition) is 6. The highest BCUT2D eigenvalue weighted by Gasteiger charge is 2.51. The standard InChI is InChI=1S/3C2H4O3S.Al/c3*3-1(4)2(5)6;/h3*2,5-6H,(H,3,4);/q;;;+3/p-3. The molecule has 0 aromatic carbocycles. The Labute approximate surface area is 128 Å². The van der Waals surface area contributed by atoms with Crippen molar-refractivity contribution in [1.29, 1.82) is 0 Å². The van der Waals surface area contributed by atoms with Gasteiger partial charge in [0.1, 0.15) is 0 Å². The zero-order chi connectivity index (χ0) is 15.2. The van der Waals surface area contributed by atoms with Crippen LogP contribution in [-0.4, -0.2) is 64.7 Å². The maximum Gasteiger partial charge on any atom is 1.20 e. The Morgan fingerprint density at radius 3 is 1.11 bits per heavy atom. The highest BCUT2D eigenvalue weighted by atomic mass is 32.1. The molecule has 0 aliphatic rings. The largest absolute Gasteiger partial charge is 1.20 e. The summed E-state index contributed by atoms with van der Waals surface area (Å²) in [5, 5.41) is 26.3. The number of carbonyl (C=O) groups excluding carboxylic acids is 3. The van der Waals surface area contributed by atoms with Crippen molar-refractivity contribution >= 4 is 70.9 Å². The average molecular weight is 348 g/mol. The Kier molecular flexibility index (Phi) is 8.87. The molecule has 3 N–H and O–H groups in total. The van der Waals surface area contributed by atoms with Crippen molar-refractivity contribution in [3.8, 4) is 0 Å². The molecule has 0 aromatic rings. The lowest BCUT2D eigenvalue weighted by Crippen LogP contribution is -2.40. The lowest BCUT2D eigenvalue weighted by molar-refractivity contribution is -0.153. The molecule has 0 saturated heterocycles. The van der Waals surface area contributed by atoms with E-state index >= 15 is 0 Å². The Balaban J connectivity index is 4.68. The van der Waals surface area contributed by atoms with Crippen LogP contribution in [-0.2, 0) is 25.7 Å². The molecule has 3 atom stereocenters. The second kappa shape index (κ2) is 8.93. The topological polar surface area (TPSA) is 140 Å². The molecule has 0 aromatic heterocycles. The van der Waals surface area contributed by atoms with Crippen molar-refractivity contribution in [2.45, 2.75) is 16.3 Å². The summed E-state index contributed by atoms with van der Waals surface area (Å²) < 4.78 is 13.1. The summed E-state index contributed by atoms with van der Waals surface area (Å²) in [5.41, 5.74) is -5.56. The minimum atomic E-state index is -3.75. The van der Waals surface area contributed by atoms with Gasteiger partial charge in [-0.15, -0.1) is 37.9 Å². The molecule has 0 heterocycles. The molecule has 0 radical (unpaired) electrons. The SMILES string of the molecule is O=C([O][Al]([O]C(=O)C(O)S)[O]C(=O)C(O)S)C(O)S. The van der Waals surface area contributed by atoms with Crippen molar-refractivity contribution in [3.63, 3.8) is 0 Å². The summed E-state index contributed by atoms with van der Waals surface area (Å²) >= 11 is 6.22. The molecular formula is C6H9AlO9S3. The maximum absolute atomic E-state index is 11.0. The Hall–Kier alpha value is -0.128. The number of hydrogen-bond acceptors (Lipinski definition) is 12. The fraction of sp³-hybridized carbons (Fsp3) is 0.500. The third-order valence-electron chi connectivity index (χ3n) is 1.27. The number of carbonyl (C=O) groups is 3. The molecule has 19 heavy (non-hydrogen) atoms. The molecule has 0 aliphatic heterocycles. The summed E-state index contributed by atoms with van der Waals surface area (Å²) in [5.74, 6) is -4.03. The molecule has 0 rings (SSSR count). The van der Waals surface area contributed by atoms with Gasteiger partial charge in [-0.3, -0.25) is 14.4 Å². The summed E-state index contributed by atoms with van der Waals surface area (Å²) in [6, 6.07) is 0. The first-order valence-corrected chi connectivity index (χ1v) is 7.31. The molecule has 0 aliphatic carbocycles. The first kappa shape index (κ1) is 18.9. The first-order valence-electron chi connectivity index (χ1n) is 4.35. The molecule has 0 saturated carbocycles. The second-order valence-electron chi connectivity index (χ2n) is 2.72. The Bertz CT molecular complexity index is 295. The predicted octanol–water partition coefficient (Wildman–Crippen LogP) is -2.65. The molecule has 9 nitrogen and oxygen atoms in total. The maximum atomic E-state index is 11.0. The molecule has 108 valence electrons. The first-order chi connectivity index (χ1) is 8.65. The molecular weight excluding hydrogens is 339 g/mol. The van der Waals surface area contributed by atoms with Crippen LogP contribution < -0.4 is 0 Å². The van der Waals surface area contributed by atoms with Gasteiger partial charge < -0.3 is 26.7 Å². The monoisotopic (exact) mass is 348 g/mol. The van der Waals surface area contributed by atoms with Crippen LogP contribution in [0.25, 0.3) is 0 Å². The van der Waals surface area contributed by atoms with Crippen LogP contribution in [0.5, 0.6) is 0 Å². The van der Waals surface area contributed by atoms with Gasteiger partial charge in [-0.05, 0) is 0 Å². The number of rotatable bonds is 6. The summed E-state index contributed by atoms with van der Waals surface area (Å²) in [7, 11) is 0. The van der Waals surface area contributed by atoms with Gasteiger partial charge >= 0.3 is 33.1 Å². The fourth-order valence-electron chi connectivity index (χ4n) is 0.539. The van der Waals surface area contributed by atoms with Gasteiger partial charge in [0.25, 0.3) is 0 Å². The van der Waals surface area contributed by atoms with Crippen LogP contribution in [0.1, 0.15) is 0 Å². The van der Waals surface area contributed by atoms with Gasteiger partial charge in [-0.2, -0.15) is 0 Å². The Morgan fingerprint density at radius 1 is 0.737 bits per heavy atom. The van der Waals surface area contributed by atoms with E-state index in [0.29, 0.717) is 0 Å². The van der Waals surface area contributed by atoms with E-state index in [1.807, 2.05) is 0 Å². The van der Waals surface area contributed by atoms with Gasteiger partial charge in [-0.1, -0.05) is 0 Å². The van der Waals surface area contributed by atoms with E-state index in [4.69, 9.17) is 15.3 Å². The van der Waals surface area contributed by atoms with E-state index in [1.165, 1.54) is 0 Å². The fourth-order valence-corrected chi connectivity index (χ4v) is 2.17. The molecule has 0 bridgehead atoms. The van der Waals surface area contributed by atoms with Gasteiger partial charge in [-0.25, -0.2) is 0 Å². The minimum absolute atomic E-state index is 1.34. The zero-order valence-corrected chi connectivity index (χ0v) is 12.8. The van der Waals surface area contributed by atoms with Gasteiger partial charge in [0.05, 0.1) is 0 Å². The normalized spacial score (nSPS) is 14.8. The molecule has 0 amide bonds. The van der Waals surface area contributed by atoms with Gasteiger partial charge in [0, 0.05) is 0 Å². The van der Waals surface area contributed by atoms with Gasteiger partial charge in [0.2, 0.25) is 0 Å². The van der Waals surface area contributed by atoms with E-state index in [2.05, 4.69) is 49.3 Å². The Morgan fingerprint density at radius 2 is 0.947 bits per heavy atom. The smallest absolute Gasteiger partial charge is 0.548 e. The van der Waals surface area contributed by atoms with Crippen molar-refractivity contribution < 1.29 is 41.1 Å². The summed E-state index contributed by atoms with van der Waals surface area (Å²) in [6.45, 7) is 0. The van der Waals surface area contributed by atoms with E-state index in [-0.39, 0.29) is 0 Å². The highest BCUT2D eigenvalue weighted by Crippen LogP contribution is 2.05. The van der Waals surface area contributed by atoms with Crippen molar-refractivity contribution in [2.24, 2.45) is 0 Å². The lowest BCUT2D eigenvalue weighted by atomic mass is 10.7. The molecule has 13 heteroatoms. The third kappa shape index (κ3) is 7.90. The molecule has 3 unspecified atom stereocenters. The predicted molar refractivity (Wildman–Crippen MR) is 69.0 cm³/mol. The average Bonchev–Trinajstić information content (AvgIpc) is 2.27. The third-order valence-corrected chi connectivity index (χ3v) is 3.18. The molecule has 0 spiro atoms. The van der Waals surface area contributed by atoms with Crippen LogP contribution >= 0.6 is 37.9 Å². The van der Waals surface area contributed by atoms with E-state index in [1.54, 1.807) is 0 Å². The summed E-state index contributed by atoms with van der Waals surface area (Å²) in [6.07, 6.45) is 0. The van der Waals surface area contributed by atoms with Crippen LogP contribution in [0.3, 0.4) is 0 Å². The van der Waals surface area contributed by atoms with Crippen LogP contribution in [0, 0.1) is 0 Å². The number of aliphatic hydroxyl groups is 3. The lowest BCUT2D eigenvalue weighted by Gasteiger charge is -2.15. The van der Waals surface area contributed by atoms with Crippen LogP contribution in [0.2, 0.25) is 0 Å². The van der Waals surface area contributed by atoms with Crippen molar-refractivity contribution in [1.82, 2.24) is 0 Å². The van der Waals surface area contributed by atoms with Crippen LogP contribution in [0.15, 0.2) is 0 Å². The van der Waals surface area contributed by atoms with Crippen LogP contribution in [0.4, 0.5) is 0 Å².